The van der Waals surface area contributed by atoms with E-state index < -0.39 is 0 Å². The fraction of sp³-hybridized carbons (Fsp3) is 0.0588. The Morgan fingerprint density at radius 1 is 0.870 bits per heavy atom. The van der Waals surface area contributed by atoms with Gasteiger partial charge in [-0.2, -0.15) is 5.11 Å². The molecule has 6 nitrogen and oxygen atoms in total. The number of rotatable bonds is 3. The molecule has 0 radical (unpaired) electrons. The van der Waals surface area contributed by atoms with Crippen LogP contribution in [0.15, 0.2) is 64.8 Å². The van der Waals surface area contributed by atoms with Crippen LogP contribution in [0.3, 0.4) is 0 Å². The van der Waals surface area contributed by atoms with Crippen molar-refractivity contribution in [3.63, 3.8) is 0 Å². The molecule has 4 N–H and O–H groups in total. The first-order chi connectivity index (χ1) is 11.1. The van der Waals surface area contributed by atoms with Crippen LogP contribution in [-0.2, 0) is 0 Å². The minimum Gasteiger partial charge on any atom is -0.493 e. The van der Waals surface area contributed by atoms with Crippen LogP contribution in [0, 0.1) is 6.92 Å². The molecule has 0 saturated carbocycles. The zero-order valence-electron chi connectivity index (χ0n) is 12.5. The zero-order chi connectivity index (χ0) is 16.4. The van der Waals surface area contributed by atoms with E-state index in [2.05, 4.69) is 10.2 Å². The van der Waals surface area contributed by atoms with E-state index in [-0.39, 0.29) is 23.1 Å². The minimum absolute atomic E-state index is 0.0244. The number of anilines is 1. The smallest absolute Gasteiger partial charge is 0.229 e. The summed E-state index contributed by atoms with van der Waals surface area (Å²) in [5, 5.41) is 28.7. The summed E-state index contributed by atoms with van der Waals surface area (Å²) < 4.78 is 1.22. The molecular weight excluding hydrogens is 292 g/mol. The number of para-hydroxylation sites is 1. The van der Waals surface area contributed by atoms with E-state index in [1.54, 1.807) is 30.3 Å². The average molecular weight is 308 g/mol. The third kappa shape index (κ3) is 2.62. The normalized spacial score (nSPS) is 11.2. The number of aromatic hydroxyl groups is 2. The van der Waals surface area contributed by atoms with Crippen molar-refractivity contribution in [1.29, 1.82) is 0 Å². The number of azo groups is 1. The number of nitrogen functional groups attached to an aromatic ring is 1. The minimum atomic E-state index is -0.271. The van der Waals surface area contributed by atoms with Gasteiger partial charge >= 0.3 is 0 Å². The maximum atomic E-state index is 10.4. The third-order valence-corrected chi connectivity index (χ3v) is 3.52. The molecular formula is C17H16N4O2. The molecule has 3 rings (SSSR count). The molecule has 0 spiro atoms. The summed E-state index contributed by atoms with van der Waals surface area (Å²) in [5.41, 5.74) is 8.06. The first-order valence-corrected chi connectivity index (χ1v) is 7.04. The van der Waals surface area contributed by atoms with Crippen LogP contribution in [0.2, 0.25) is 0 Å². The van der Waals surface area contributed by atoms with Crippen LogP contribution in [0.4, 0.5) is 17.1 Å². The average Bonchev–Trinajstić information content (AvgIpc) is 2.78. The molecule has 0 atom stereocenters. The van der Waals surface area contributed by atoms with Crippen LogP contribution in [0.5, 0.6) is 11.8 Å². The fourth-order valence-electron chi connectivity index (χ4n) is 2.25. The van der Waals surface area contributed by atoms with Gasteiger partial charge < -0.3 is 15.9 Å². The monoisotopic (exact) mass is 308 g/mol. The van der Waals surface area contributed by atoms with Crippen molar-refractivity contribution in [3.05, 3.63) is 60.2 Å². The molecule has 0 aliphatic heterocycles. The van der Waals surface area contributed by atoms with E-state index in [1.807, 2.05) is 31.2 Å². The van der Waals surface area contributed by atoms with Gasteiger partial charge in [0.25, 0.3) is 0 Å². The number of aryl methyl sites for hydroxylation is 1. The molecule has 6 heteroatoms. The van der Waals surface area contributed by atoms with Crippen molar-refractivity contribution in [3.8, 4) is 17.4 Å². The van der Waals surface area contributed by atoms with Gasteiger partial charge in [-0.25, -0.2) is 4.57 Å². The summed E-state index contributed by atoms with van der Waals surface area (Å²) in [6.45, 7) is 1.91. The van der Waals surface area contributed by atoms with Gasteiger partial charge in [0.15, 0.2) is 5.69 Å². The van der Waals surface area contributed by atoms with E-state index >= 15 is 0 Å². The van der Waals surface area contributed by atoms with Crippen LogP contribution in [0.1, 0.15) is 5.56 Å². The number of benzene rings is 2. The predicted molar refractivity (Wildman–Crippen MR) is 88.9 cm³/mol. The Morgan fingerprint density at radius 2 is 1.52 bits per heavy atom. The largest absolute Gasteiger partial charge is 0.493 e. The maximum Gasteiger partial charge on any atom is 0.229 e. The lowest BCUT2D eigenvalue weighted by Gasteiger charge is -2.05. The fourth-order valence-corrected chi connectivity index (χ4v) is 2.25. The Morgan fingerprint density at radius 3 is 2.22 bits per heavy atom. The summed E-state index contributed by atoms with van der Waals surface area (Å²) in [5.74, 6) is -0.532. The van der Waals surface area contributed by atoms with Gasteiger partial charge in [-0.05, 0) is 30.7 Å². The van der Waals surface area contributed by atoms with Gasteiger partial charge in [-0.3, -0.25) is 0 Å². The van der Waals surface area contributed by atoms with Crippen molar-refractivity contribution < 1.29 is 10.2 Å². The summed E-state index contributed by atoms with van der Waals surface area (Å²) in [6.07, 6.45) is 0. The summed E-state index contributed by atoms with van der Waals surface area (Å²) in [6, 6.07) is 16.3. The lowest BCUT2D eigenvalue weighted by Crippen LogP contribution is -1.92. The highest BCUT2D eigenvalue weighted by Crippen LogP contribution is 2.45. The molecule has 2 aromatic carbocycles. The number of hydrogen-bond acceptors (Lipinski definition) is 5. The summed E-state index contributed by atoms with van der Waals surface area (Å²) >= 11 is 0. The van der Waals surface area contributed by atoms with Gasteiger partial charge in [0.2, 0.25) is 11.8 Å². The molecule has 23 heavy (non-hydrogen) atoms. The highest BCUT2D eigenvalue weighted by atomic mass is 16.3. The first-order valence-electron chi connectivity index (χ1n) is 7.04. The molecule has 0 aliphatic carbocycles. The highest BCUT2D eigenvalue weighted by Gasteiger charge is 2.21. The van der Waals surface area contributed by atoms with Crippen molar-refractivity contribution in [2.24, 2.45) is 10.2 Å². The molecule has 1 aromatic heterocycles. The molecule has 0 amide bonds. The van der Waals surface area contributed by atoms with Crippen LogP contribution < -0.4 is 5.73 Å². The summed E-state index contributed by atoms with van der Waals surface area (Å²) in [4.78, 5) is 0. The Hall–Kier alpha value is -3.28. The molecule has 116 valence electrons. The Bertz CT molecular complexity index is 870. The molecule has 0 bridgehead atoms. The van der Waals surface area contributed by atoms with Crippen molar-refractivity contribution in [2.45, 2.75) is 6.92 Å². The van der Waals surface area contributed by atoms with Gasteiger partial charge in [0.05, 0.1) is 11.4 Å². The third-order valence-electron chi connectivity index (χ3n) is 3.52. The molecule has 3 aromatic rings. The zero-order valence-corrected chi connectivity index (χ0v) is 12.5. The lowest BCUT2D eigenvalue weighted by molar-refractivity contribution is 0.404. The van der Waals surface area contributed by atoms with Gasteiger partial charge in [0, 0.05) is 0 Å². The van der Waals surface area contributed by atoms with E-state index in [0.717, 1.165) is 5.56 Å². The van der Waals surface area contributed by atoms with Crippen LogP contribution >= 0.6 is 0 Å². The summed E-state index contributed by atoms with van der Waals surface area (Å²) in [7, 11) is 0. The number of aromatic nitrogens is 1. The van der Waals surface area contributed by atoms with Crippen LogP contribution in [0.25, 0.3) is 5.69 Å². The van der Waals surface area contributed by atoms with E-state index in [0.29, 0.717) is 11.4 Å². The molecule has 1 heterocycles. The van der Waals surface area contributed by atoms with Crippen molar-refractivity contribution >= 4 is 17.1 Å². The number of nitrogens with two attached hydrogens (primary N) is 1. The Kier molecular flexibility index (Phi) is 3.72. The van der Waals surface area contributed by atoms with Gasteiger partial charge in [-0.1, -0.05) is 36.4 Å². The number of nitrogens with zero attached hydrogens (tertiary/aromatic N) is 3. The first kappa shape index (κ1) is 14.6. The Labute approximate surface area is 133 Å². The second-order valence-electron chi connectivity index (χ2n) is 5.07. The second-order valence-corrected chi connectivity index (χ2v) is 5.07. The van der Waals surface area contributed by atoms with E-state index in [9.17, 15) is 10.2 Å². The van der Waals surface area contributed by atoms with E-state index in [4.69, 9.17) is 5.73 Å². The Balaban J connectivity index is 2.07. The SMILES string of the molecule is Cc1ccccc1N=Nc1c(N)c(O)n(-c2ccccc2)c1O. The molecule has 0 fully saturated rings. The molecule has 0 unspecified atom stereocenters. The second kappa shape index (κ2) is 5.84. The van der Waals surface area contributed by atoms with E-state index in [1.165, 1.54) is 4.57 Å². The predicted octanol–water partition coefficient (Wildman–Crippen LogP) is 4.19. The van der Waals surface area contributed by atoms with Gasteiger partial charge in [-0.15, -0.1) is 5.11 Å². The highest BCUT2D eigenvalue weighted by molar-refractivity contribution is 5.77. The van der Waals surface area contributed by atoms with Crippen molar-refractivity contribution in [2.75, 3.05) is 5.73 Å². The maximum absolute atomic E-state index is 10.4. The quantitative estimate of drug-likeness (QED) is 0.633. The standard InChI is InChI=1S/C17H16N4O2/c1-11-7-5-6-10-13(11)19-20-15-14(18)16(22)21(17(15)23)12-8-3-2-4-9-12/h2-10,22-23H,18H2,1H3. The van der Waals surface area contributed by atoms with Crippen molar-refractivity contribution in [1.82, 2.24) is 4.57 Å². The lowest BCUT2D eigenvalue weighted by atomic mass is 10.2. The van der Waals surface area contributed by atoms with Gasteiger partial charge in [0.1, 0.15) is 5.69 Å². The van der Waals surface area contributed by atoms with Crippen LogP contribution in [-0.4, -0.2) is 14.8 Å². The molecule has 0 saturated heterocycles. The topological polar surface area (TPSA) is 96.1 Å². The number of hydrogen-bond donors (Lipinski definition) is 3. The molecule has 0 aliphatic rings.